The average molecular weight is 369 g/mol. The summed E-state index contributed by atoms with van der Waals surface area (Å²) in [6, 6.07) is 5.54. The molecule has 0 saturated heterocycles. The fraction of sp³-hybridized carbons (Fsp3) is 0.438. The molecule has 4 N–H and O–H groups in total. The van der Waals surface area contributed by atoms with Gasteiger partial charge in [0.15, 0.2) is 6.61 Å². The van der Waals surface area contributed by atoms with Gasteiger partial charge in [0.05, 0.1) is 7.11 Å². The number of nitrogens with one attached hydrogen (secondary N) is 2. The summed E-state index contributed by atoms with van der Waals surface area (Å²) < 4.78 is 9.99. The van der Waals surface area contributed by atoms with Gasteiger partial charge in [-0.15, -0.1) is 0 Å². The molecule has 25 heavy (non-hydrogen) atoms. The van der Waals surface area contributed by atoms with E-state index in [1.165, 1.54) is 11.8 Å². The minimum absolute atomic E-state index is 0.301. The predicted molar refractivity (Wildman–Crippen MR) is 95.3 cm³/mol. The first-order valence-electron chi connectivity index (χ1n) is 7.57. The third-order valence-electron chi connectivity index (χ3n) is 3.21. The van der Waals surface area contributed by atoms with Crippen LogP contribution in [0, 0.1) is 0 Å². The summed E-state index contributed by atoms with van der Waals surface area (Å²) in [5.74, 6) is 0.241. The first-order valence-corrected chi connectivity index (χ1v) is 8.96. The van der Waals surface area contributed by atoms with Crippen LogP contribution in [0.15, 0.2) is 24.3 Å². The van der Waals surface area contributed by atoms with Crippen LogP contribution in [-0.4, -0.2) is 49.7 Å². The minimum atomic E-state index is -0.862. The van der Waals surface area contributed by atoms with Crippen LogP contribution in [0.1, 0.15) is 12.0 Å². The number of primary amides is 1. The summed E-state index contributed by atoms with van der Waals surface area (Å²) in [4.78, 5) is 34.6. The van der Waals surface area contributed by atoms with Gasteiger partial charge in [-0.2, -0.15) is 11.8 Å². The van der Waals surface area contributed by atoms with Crippen LogP contribution in [-0.2, 0) is 20.9 Å². The predicted octanol–water partition coefficient (Wildman–Crippen LogP) is 0.645. The number of nitrogens with two attached hydrogens (primary N) is 1. The summed E-state index contributed by atoms with van der Waals surface area (Å²) in [5.41, 5.74) is 5.92. The summed E-state index contributed by atoms with van der Waals surface area (Å²) >= 11 is 1.52. The molecule has 1 aromatic carbocycles. The van der Waals surface area contributed by atoms with Crippen molar-refractivity contribution in [3.8, 4) is 5.75 Å². The van der Waals surface area contributed by atoms with E-state index in [1.54, 1.807) is 19.2 Å². The molecule has 0 saturated carbocycles. The lowest BCUT2D eigenvalue weighted by molar-refractivity contribution is -0.150. The maximum Gasteiger partial charge on any atom is 0.329 e. The Hall–Kier alpha value is -2.42. The SMILES string of the molecule is COc1ccc(CNC(=O)COC(=O)[C@H](CCSC)NC(N)=O)cc1. The van der Waals surface area contributed by atoms with E-state index in [0.717, 1.165) is 11.3 Å². The zero-order valence-corrected chi connectivity index (χ0v) is 15.1. The Morgan fingerprint density at radius 3 is 2.48 bits per heavy atom. The molecule has 1 rings (SSSR count). The number of methoxy groups -OCH3 is 1. The van der Waals surface area contributed by atoms with Crippen molar-refractivity contribution in [1.82, 2.24) is 10.6 Å². The highest BCUT2D eigenvalue weighted by Gasteiger charge is 2.21. The van der Waals surface area contributed by atoms with Gasteiger partial charge in [-0.3, -0.25) is 4.79 Å². The fourth-order valence-electron chi connectivity index (χ4n) is 1.89. The molecule has 0 aliphatic heterocycles. The van der Waals surface area contributed by atoms with Gasteiger partial charge in [0, 0.05) is 6.54 Å². The maximum absolute atomic E-state index is 11.9. The zero-order valence-electron chi connectivity index (χ0n) is 14.2. The highest BCUT2D eigenvalue weighted by atomic mass is 32.2. The molecule has 0 fully saturated rings. The van der Waals surface area contributed by atoms with E-state index in [9.17, 15) is 14.4 Å². The molecule has 1 aromatic rings. The second-order valence-electron chi connectivity index (χ2n) is 5.08. The summed E-state index contributed by atoms with van der Waals surface area (Å²) in [6.07, 6.45) is 2.25. The van der Waals surface area contributed by atoms with Crippen LogP contribution in [0.25, 0.3) is 0 Å². The van der Waals surface area contributed by atoms with Crippen LogP contribution >= 0.6 is 11.8 Å². The van der Waals surface area contributed by atoms with Crippen molar-refractivity contribution in [1.29, 1.82) is 0 Å². The van der Waals surface area contributed by atoms with E-state index in [-0.39, 0.29) is 0 Å². The van der Waals surface area contributed by atoms with E-state index in [4.69, 9.17) is 15.2 Å². The lowest BCUT2D eigenvalue weighted by Crippen LogP contribution is -2.45. The molecule has 138 valence electrons. The number of rotatable bonds is 10. The van der Waals surface area contributed by atoms with Crippen LogP contribution in [0.5, 0.6) is 5.75 Å². The average Bonchev–Trinajstić information content (AvgIpc) is 2.61. The molecule has 0 spiro atoms. The molecule has 0 radical (unpaired) electrons. The van der Waals surface area contributed by atoms with Gasteiger partial charge in [0.25, 0.3) is 5.91 Å². The number of carbonyl (C=O) groups is 3. The molecule has 0 aliphatic rings. The van der Waals surface area contributed by atoms with Crippen LogP contribution in [0.3, 0.4) is 0 Å². The number of amides is 3. The van der Waals surface area contributed by atoms with Crippen molar-refractivity contribution in [3.05, 3.63) is 29.8 Å². The Balaban J connectivity index is 2.39. The Morgan fingerprint density at radius 1 is 1.24 bits per heavy atom. The molecular formula is C16H23N3O5S. The van der Waals surface area contributed by atoms with Gasteiger partial charge in [-0.1, -0.05) is 12.1 Å². The molecule has 0 aromatic heterocycles. The monoisotopic (exact) mass is 369 g/mol. The van der Waals surface area contributed by atoms with Gasteiger partial charge in [-0.25, -0.2) is 9.59 Å². The zero-order chi connectivity index (χ0) is 18.7. The van der Waals surface area contributed by atoms with E-state index in [1.807, 2.05) is 18.4 Å². The van der Waals surface area contributed by atoms with Crippen LogP contribution in [0.2, 0.25) is 0 Å². The molecule has 3 amide bonds. The summed E-state index contributed by atoms with van der Waals surface area (Å²) in [6.45, 7) is -0.124. The van der Waals surface area contributed by atoms with Crippen molar-refractivity contribution < 1.29 is 23.9 Å². The van der Waals surface area contributed by atoms with Crippen molar-refractivity contribution in [3.63, 3.8) is 0 Å². The molecule has 0 aliphatic carbocycles. The molecule has 8 nitrogen and oxygen atoms in total. The number of urea groups is 1. The van der Waals surface area contributed by atoms with Crippen LogP contribution in [0.4, 0.5) is 4.79 Å². The van der Waals surface area contributed by atoms with Gasteiger partial charge < -0.3 is 25.8 Å². The number of esters is 1. The first-order chi connectivity index (χ1) is 12.0. The molecular weight excluding hydrogens is 346 g/mol. The molecule has 1 atom stereocenters. The number of benzene rings is 1. The number of carbonyl (C=O) groups excluding carboxylic acids is 3. The van der Waals surface area contributed by atoms with E-state index in [0.29, 0.717) is 18.7 Å². The first kappa shape index (κ1) is 20.6. The van der Waals surface area contributed by atoms with Crippen LogP contribution < -0.4 is 21.1 Å². The number of hydrogen-bond acceptors (Lipinski definition) is 6. The lowest BCUT2D eigenvalue weighted by Gasteiger charge is -2.15. The number of thioether (sulfide) groups is 1. The molecule has 0 unspecified atom stereocenters. The van der Waals surface area contributed by atoms with Crippen molar-refractivity contribution in [2.75, 3.05) is 25.7 Å². The van der Waals surface area contributed by atoms with Gasteiger partial charge in [0.1, 0.15) is 11.8 Å². The number of hydrogen-bond donors (Lipinski definition) is 3. The van der Waals surface area contributed by atoms with E-state index < -0.39 is 30.6 Å². The molecule has 0 bridgehead atoms. The quantitative estimate of drug-likeness (QED) is 0.521. The molecule has 0 heterocycles. The highest BCUT2D eigenvalue weighted by Crippen LogP contribution is 2.10. The summed E-state index contributed by atoms with van der Waals surface area (Å²) in [7, 11) is 1.57. The lowest BCUT2D eigenvalue weighted by atomic mass is 10.2. The Kier molecular flexibility index (Phi) is 9.23. The largest absolute Gasteiger partial charge is 0.497 e. The van der Waals surface area contributed by atoms with Crippen molar-refractivity contribution in [2.24, 2.45) is 5.73 Å². The maximum atomic E-state index is 11.9. The van der Waals surface area contributed by atoms with E-state index in [2.05, 4.69) is 10.6 Å². The van der Waals surface area contributed by atoms with Gasteiger partial charge in [-0.05, 0) is 36.1 Å². The Bertz CT molecular complexity index is 580. The second-order valence-corrected chi connectivity index (χ2v) is 6.06. The third-order valence-corrected chi connectivity index (χ3v) is 3.85. The summed E-state index contributed by atoms with van der Waals surface area (Å²) in [5, 5.41) is 4.96. The van der Waals surface area contributed by atoms with Crippen molar-refractivity contribution >= 4 is 29.7 Å². The van der Waals surface area contributed by atoms with Crippen molar-refractivity contribution in [2.45, 2.75) is 19.0 Å². The topological polar surface area (TPSA) is 120 Å². The van der Waals surface area contributed by atoms with E-state index >= 15 is 0 Å². The standard InChI is InChI=1S/C16H23N3O5S/c1-23-12-5-3-11(4-6-12)9-18-14(20)10-24-15(21)13(7-8-25-2)19-16(17)22/h3-6,13H,7-10H2,1-2H3,(H,18,20)(H3,17,19,22)/t13-/m0/s1. The van der Waals surface area contributed by atoms with Gasteiger partial charge in [0.2, 0.25) is 0 Å². The second kappa shape index (κ2) is 11.2. The molecule has 9 heteroatoms. The highest BCUT2D eigenvalue weighted by molar-refractivity contribution is 7.98. The third kappa shape index (κ3) is 8.30. The van der Waals surface area contributed by atoms with Gasteiger partial charge >= 0.3 is 12.0 Å². The Morgan fingerprint density at radius 2 is 1.92 bits per heavy atom. The Labute approximate surface area is 150 Å². The number of ether oxygens (including phenoxy) is 2. The fourth-order valence-corrected chi connectivity index (χ4v) is 2.36. The normalized spacial score (nSPS) is 11.3. The minimum Gasteiger partial charge on any atom is -0.497 e. The smallest absolute Gasteiger partial charge is 0.329 e.